The predicted molar refractivity (Wildman–Crippen MR) is 104 cm³/mol. The summed E-state index contributed by atoms with van der Waals surface area (Å²) in [5, 5.41) is 3.26. The molecule has 0 atom stereocenters. The Kier molecular flexibility index (Phi) is 5.49. The number of carbonyl (C=O) groups excluding carboxylic acids is 1. The summed E-state index contributed by atoms with van der Waals surface area (Å²) in [5.41, 5.74) is 2.84. The van der Waals surface area contributed by atoms with Crippen LogP contribution >= 0.6 is 0 Å². The Labute approximate surface area is 152 Å². The summed E-state index contributed by atoms with van der Waals surface area (Å²) in [6.45, 7) is 6.19. The van der Waals surface area contributed by atoms with Gasteiger partial charge in [0.1, 0.15) is 5.54 Å². The number of anilines is 1. The van der Waals surface area contributed by atoms with E-state index >= 15 is 0 Å². The highest BCUT2D eigenvalue weighted by atomic mass is 16.2. The number of nitrogens with zero attached hydrogens (tertiary/aromatic N) is 2. The van der Waals surface area contributed by atoms with Crippen LogP contribution in [0.3, 0.4) is 0 Å². The van der Waals surface area contributed by atoms with Crippen LogP contribution < -0.4 is 5.32 Å². The average Bonchev–Trinajstić information content (AvgIpc) is 3.12. The highest BCUT2D eigenvalue weighted by Gasteiger charge is 2.44. The molecule has 0 aromatic heterocycles. The first-order valence-corrected chi connectivity index (χ1v) is 9.73. The number of nitrogens with one attached hydrogen (secondary N) is 1. The third kappa shape index (κ3) is 3.61. The summed E-state index contributed by atoms with van der Waals surface area (Å²) in [7, 11) is 4.10. The number of benzene rings is 1. The topological polar surface area (TPSA) is 35.6 Å². The minimum Gasteiger partial charge on any atom is -0.324 e. The number of amides is 1. The third-order valence-corrected chi connectivity index (χ3v) is 6.46. The van der Waals surface area contributed by atoms with Crippen molar-refractivity contribution in [1.29, 1.82) is 0 Å². The summed E-state index contributed by atoms with van der Waals surface area (Å²) < 4.78 is 0. The van der Waals surface area contributed by atoms with E-state index in [9.17, 15) is 4.79 Å². The van der Waals surface area contributed by atoms with Gasteiger partial charge in [-0.2, -0.15) is 0 Å². The maximum atomic E-state index is 13.3. The van der Waals surface area contributed by atoms with Gasteiger partial charge in [0.25, 0.3) is 0 Å². The summed E-state index contributed by atoms with van der Waals surface area (Å²) in [6, 6.07) is 6.92. The van der Waals surface area contributed by atoms with Gasteiger partial charge < -0.3 is 10.2 Å². The second kappa shape index (κ2) is 7.46. The molecule has 4 heteroatoms. The number of para-hydroxylation sites is 1. The van der Waals surface area contributed by atoms with E-state index in [4.69, 9.17) is 0 Å². The first-order chi connectivity index (χ1) is 11.9. The molecule has 2 fully saturated rings. The van der Waals surface area contributed by atoms with E-state index in [1.807, 2.05) is 6.07 Å². The summed E-state index contributed by atoms with van der Waals surface area (Å²) in [6.07, 6.45) is 7.23. The number of aryl methyl sites for hydroxylation is 2. The number of likely N-dealkylation sites (tertiary alicyclic amines) is 1. The first-order valence-electron chi connectivity index (χ1n) is 9.73. The molecule has 138 valence electrons. The highest BCUT2D eigenvalue weighted by Crippen LogP contribution is 2.33. The van der Waals surface area contributed by atoms with Crippen molar-refractivity contribution in [1.82, 2.24) is 9.80 Å². The van der Waals surface area contributed by atoms with Crippen molar-refractivity contribution in [3.8, 4) is 0 Å². The fourth-order valence-corrected chi connectivity index (χ4v) is 4.65. The van der Waals surface area contributed by atoms with Crippen molar-refractivity contribution < 1.29 is 4.79 Å². The Morgan fingerprint density at radius 2 is 1.68 bits per heavy atom. The van der Waals surface area contributed by atoms with Crippen LogP contribution in [0, 0.1) is 13.8 Å². The molecule has 0 bridgehead atoms. The number of hydrogen-bond acceptors (Lipinski definition) is 3. The first kappa shape index (κ1) is 18.4. The SMILES string of the molecule is Cc1cccc(C)c1NC(=O)C1(N(C)C)CCN(C2CCCC2)CC1. The lowest BCUT2D eigenvalue weighted by Gasteiger charge is -2.46. The molecule has 1 N–H and O–H groups in total. The molecule has 25 heavy (non-hydrogen) atoms. The Bertz CT molecular complexity index is 591. The van der Waals surface area contributed by atoms with Gasteiger partial charge in [0, 0.05) is 24.8 Å². The minimum atomic E-state index is -0.399. The van der Waals surface area contributed by atoms with Gasteiger partial charge >= 0.3 is 0 Å². The molecule has 2 aliphatic rings. The van der Waals surface area contributed by atoms with Crippen LogP contribution in [0.5, 0.6) is 0 Å². The van der Waals surface area contributed by atoms with Crippen molar-refractivity contribution >= 4 is 11.6 Å². The van der Waals surface area contributed by atoms with Crippen LogP contribution in [0.1, 0.15) is 49.7 Å². The molecule has 1 aliphatic carbocycles. The molecule has 4 nitrogen and oxygen atoms in total. The molecule has 1 aromatic carbocycles. The zero-order valence-electron chi connectivity index (χ0n) is 16.3. The molecule has 0 radical (unpaired) electrons. The molecule has 1 aliphatic heterocycles. The maximum absolute atomic E-state index is 13.3. The largest absolute Gasteiger partial charge is 0.324 e. The van der Waals surface area contributed by atoms with Gasteiger partial charge in [-0.15, -0.1) is 0 Å². The molecule has 1 saturated carbocycles. The molecule has 1 aromatic rings. The number of rotatable bonds is 4. The number of hydrogen-bond donors (Lipinski definition) is 1. The van der Waals surface area contributed by atoms with E-state index in [0.717, 1.165) is 48.8 Å². The Morgan fingerprint density at radius 1 is 1.12 bits per heavy atom. The van der Waals surface area contributed by atoms with Crippen LogP contribution in [-0.4, -0.2) is 54.5 Å². The number of carbonyl (C=O) groups is 1. The van der Waals surface area contributed by atoms with E-state index in [-0.39, 0.29) is 5.91 Å². The second-order valence-corrected chi connectivity index (χ2v) is 8.12. The molecule has 1 heterocycles. The fourth-order valence-electron chi connectivity index (χ4n) is 4.65. The predicted octanol–water partition coefficient (Wildman–Crippen LogP) is 3.58. The van der Waals surface area contributed by atoms with Gasteiger partial charge in [0.15, 0.2) is 0 Å². The van der Waals surface area contributed by atoms with Crippen LogP contribution in [0.2, 0.25) is 0 Å². The van der Waals surface area contributed by atoms with Crippen molar-refractivity contribution in [2.45, 2.75) is 64.0 Å². The lowest BCUT2D eigenvalue weighted by Crippen LogP contribution is -2.60. The Balaban J connectivity index is 1.73. The van der Waals surface area contributed by atoms with Crippen molar-refractivity contribution in [2.75, 3.05) is 32.5 Å². The molecule has 1 saturated heterocycles. The lowest BCUT2D eigenvalue weighted by molar-refractivity contribution is -0.130. The molecule has 3 rings (SSSR count). The van der Waals surface area contributed by atoms with Crippen LogP contribution in [0.4, 0.5) is 5.69 Å². The molecule has 0 unspecified atom stereocenters. The summed E-state index contributed by atoms with van der Waals surface area (Å²) in [5.74, 6) is 0.154. The van der Waals surface area contributed by atoms with Gasteiger partial charge in [0.2, 0.25) is 5.91 Å². The number of likely N-dealkylation sites (N-methyl/N-ethyl adjacent to an activating group) is 1. The van der Waals surface area contributed by atoms with E-state index in [1.165, 1.54) is 25.7 Å². The van der Waals surface area contributed by atoms with E-state index in [0.29, 0.717) is 0 Å². The lowest BCUT2D eigenvalue weighted by atomic mass is 9.84. The van der Waals surface area contributed by atoms with Gasteiger partial charge in [0.05, 0.1) is 0 Å². The van der Waals surface area contributed by atoms with Crippen molar-refractivity contribution in [3.05, 3.63) is 29.3 Å². The molecule has 1 amide bonds. The van der Waals surface area contributed by atoms with Gasteiger partial charge in [-0.3, -0.25) is 9.69 Å². The minimum absolute atomic E-state index is 0.154. The Hall–Kier alpha value is -1.39. The molecular formula is C21H33N3O. The summed E-state index contributed by atoms with van der Waals surface area (Å²) >= 11 is 0. The van der Waals surface area contributed by atoms with Crippen molar-refractivity contribution in [2.24, 2.45) is 0 Å². The van der Waals surface area contributed by atoms with Gasteiger partial charge in [-0.25, -0.2) is 0 Å². The quantitative estimate of drug-likeness (QED) is 0.908. The fraction of sp³-hybridized carbons (Fsp3) is 0.667. The highest BCUT2D eigenvalue weighted by molar-refractivity contribution is 5.99. The standard InChI is InChI=1S/C21H33N3O/c1-16-8-7-9-17(2)19(16)22-20(25)21(23(3)4)12-14-24(15-13-21)18-10-5-6-11-18/h7-9,18H,5-6,10-15H2,1-4H3,(H,22,25). The van der Waals surface area contributed by atoms with E-state index < -0.39 is 5.54 Å². The monoisotopic (exact) mass is 343 g/mol. The molecule has 0 spiro atoms. The van der Waals surface area contributed by atoms with E-state index in [2.05, 4.69) is 55.2 Å². The van der Waals surface area contributed by atoms with Crippen LogP contribution in [0.25, 0.3) is 0 Å². The third-order valence-electron chi connectivity index (χ3n) is 6.46. The smallest absolute Gasteiger partial charge is 0.244 e. The summed E-state index contributed by atoms with van der Waals surface area (Å²) in [4.78, 5) is 18.1. The van der Waals surface area contributed by atoms with Crippen LogP contribution in [0.15, 0.2) is 18.2 Å². The Morgan fingerprint density at radius 3 is 2.20 bits per heavy atom. The van der Waals surface area contributed by atoms with Crippen molar-refractivity contribution in [3.63, 3.8) is 0 Å². The van der Waals surface area contributed by atoms with Gasteiger partial charge in [-0.05, 0) is 64.8 Å². The zero-order valence-corrected chi connectivity index (χ0v) is 16.3. The van der Waals surface area contributed by atoms with Gasteiger partial charge in [-0.1, -0.05) is 31.0 Å². The zero-order chi connectivity index (χ0) is 18.0. The van der Waals surface area contributed by atoms with Crippen LogP contribution in [-0.2, 0) is 4.79 Å². The molecular weight excluding hydrogens is 310 g/mol. The second-order valence-electron chi connectivity index (χ2n) is 8.12. The maximum Gasteiger partial charge on any atom is 0.244 e. The average molecular weight is 344 g/mol. The normalized spacial score (nSPS) is 21.6. The number of piperidine rings is 1. The van der Waals surface area contributed by atoms with E-state index in [1.54, 1.807) is 0 Å².